The van der Waals surface area contributed by atoms with E-state index in [-0.39, 0.29) is 63.9 Å². The number of unbranched alkanes of at least 4 members (excludes halogenated alkanes) is 1. The van der Waals surface area contributed by atoms with Gasteiger partial charge in [0, 0.05) is 106 Å². The largest absolute Gasteiger partial charge is 0.484 e. The van der Waals surface area contributed by atoms with Crippen molar-refractivity contribution < 1.29 is 45.4 Å². The van der Waals surface area contributed by atoms with Gasteiger partial charge < -0.3 is 50.4 Å². The number of benzene rings is 4. The Kier molecular flexibility index (Phi) is 21.5. The van der Waals surface area contributed by atoms with Gasteiger partial charge >= 0.3 is 12.1 Å². The van der Waals surface area contributed by atoms with E-state index in [1.165, 1.54) is 19.3 Å². The topological polar surface area (TPSA) is 272 Å². The van der Waals surface area contributed by atoms with E-state index >= 15 is 0 Å². The lowest BCUT2D eigenvalue weighted by Gasteiger charge is -2.36. The minimum absolute atomic E-state index is 0.00243. The zero-order valence-corrected chi connectivity index (χ0v) is 55.0. The number of amides is 4. The van der Waals surface area contributed by atoms with Crippen LogP contribution in [-0.2, 0) is 42.2 Å². The Morgan fingerprint density at radius 2 is 1.15 bits per heavy atom. The molecule has 5 aliphatic heterocycles. The number of carbonyl (C=O) groups excluding carboxylic acids is 2. The first kappa shape index (κ1) is 66.2. The number of carbonyl (C=O) groups is 2. The molecule has 8 aliphatic rings. The molecule has 0 aromatic heterocycles. The van der Waals surface area contributed by atoms with Gasteiger partial charge in [-0.25, -0.2) is 31.1 Å². The number of piperidine rings is 1. The lowest BCUT2D eigenvalue weighted by molar-refractivity contribution is 0.0567. The summed E-state index contributed by atoms with van der Waals surface area (Å²) in [6, 6.07) is 25.8. The minimum atomic E-state index is -3.80. The number of nitriles is 2. The highest BCUT2D eigenvalue weighted by Gasteiger charge is 2.50. The molecule has 26 heteroatoms. The monoisotopic (exact) mass is 1340 g/mol. The summed E-state index contributed by atoms with van der Waals surface area (Å²) < 4.78 is 82.1. The van der Waals surface area contributed by atoms with Gasteiger partial charge in [-0.2, -0.15) is 10.5 Å². The van der Waals surface area contributed by atoms with Crippen LogP contribution in [0, 0.1) is 34.5 Å². The van der Waals surface area contributed by atoms with Crippen LogP contribution in [0.2, 0.25) is 10.0 Å². The van der Waals surface area contributed by atoms with Crippen LogP contribution in [0.3, 0.4) is 0 Å². The predicted octanol–water partition coefficient (Wildman–Crippen LogP) is 5.92. The number of sulfonamides is 1. The molecule has 1 saturated carbocycles. The molecule has 0 unspecified atom stereocenters. The summed E-state index contributed by atoms with van der Waals surface area (Å²) in [5.41, 5.74) is 4.94. The van der Waals surface area contributed by atoms with Crippen LogP contribution in [0.15, 0.2) is 82.6 Å². The lowest BCUT2D eigenvalue weighted by Crippen LogP contribution is -2.50. The molecule has 4 bridgehead atoms. The summed E-state index contributed by atoms with van der Waals surface area (Å²) in [5, 5.41) is 35.7. The Balaban J connectivity index is 0.461. The number of likely N-dealkylation sites (tertiary alicyclic amines) is 4. The fraction of sp³-hybridized carbons (Fsp3) is 0.576. The van der Waals surface area contributed by atoms with Crippen molar-refractivity contribution in [3.63, 3.8) is 0 Å². The van der Waals surface area contributed by atoms with Crippen LogP contribution in [0.25, 0.3) is 0 Å². The summed E-state index contributed by atoms with van der Waals surface area (Å²) in [6.45, 7) is 9.96. The highest BCUT2D eigenvalue weighted by Crippen LogP contribution is 2.48. The van der Waals surface area contributed by atoms with Crippen molar-refractivity contribution >= 4 is 55.1 Å². The van der Waals surface area contributed by atoms with E-state index in [9.17, 15) is 36.9 Å². The minimum Gasteiger partial charge on any atom is -0.484 e. The smallest absolute Gasteiger partial charge is 0.314 e. The van der Waals surface area contributed by atoms with Gasteiger partial charge in [-0.15, -0.1) is 0 Å². The van der Waals surface area contributed by atoms with E-state index in [0.29, 0.717) is 161 Å². The first-order chi connectivity index (χ1) is 44.6. The van der Waals surface area contributed by atoms with Gasteiger partial charge in [0.15, 0.2) is 9.84 Å². The molecule has 0 radical (unpaired) electrons. The molecule has 6 fully saturated rings. The Labute approximate surface area is 550 Å². The highest BCUT2D eigenvalue weighted by atomic mass is 35.5. The lowest BCUT2D eigenvalue weighted by atomic mass is 10.0. The summed E-state index contributed by atoms with van der Waals surface area (Å²) in [7, 11) is -7.35. The molecule has 10 atom stereocenters. The third-order valence-corrected chi connectivity index (χ3v) is 23.8. The third-order valence-electron chi connectivity index (χ3n) is 19.9. The first-order valence-electron chi connectivity index (χ1n) is 32.7. The summed E-state index contributed by atoms with van der Waals surface area (Å²) >= 11 is 13.0. The van der Waals surface area contributed by atoms with Crippen LogP contribution in [0.5, 0.6) is 11.5 Å². The van der Waals surface area contributed by atoms with E-state index < -0.39 is 19.9 Å². The van der Waals surface area contributed by atoms with Gasteiger partial charge in [0.25, 0.3) is 0 Å². The molecule has 0 spiro atoms. The number of sulfone groups is 1. The number of hydrogen-bond donors (Lipinski definition) is 6. The van der Waals surface area contributed by atoms with Crippen molar-refractivity contribution in [3.05, 3.63) is 116 Å². The zero-order chi connectivity index (χ0) is 63.9. The Bertz CT molecular complexity index is 3370. The molecule has 5 heterocycles. The molecular formula is C66H84Cl2N12O10S2. The number of halogens is 2. The first-order valence-corrected chi connectivity index (χ1v) is 36.6. The molecule has 494 valence electrons. The van der Waals surface area contributed by atoms with Crippen LogP contribution in [0.1, 0.15) is 97.0 Å². The van der Waals surface area contributed by atoms with Gasteiger partial charge in [0.2, 0.25) is 10.0 Å². The van der Waals surface area contributed by atoms with Crippen LogP contribution >= 0.6 is 23.2 Å². The number of nitrogens with one attached hydrogen (secondary N) is 6. The van der Waals surface area contributed by atoms with Crippen molar-refractivity contribution in [2.45, 2.75) is 122 Å². The molecule has 4 aromatic carbocycles. The maximum absolute atomic E-state index is 13.6. The van der Waals surface area contributed by atoms with Crippen molar-refractivity contribution in [3.8, 4) is 23.6 Å². The summed E-state index contributed by atoms with van der Waals surface area (Å²) in [6.07, 6.45) is 8.22. The molecule has 4 aromatic rings. The number of piperazine rings is 1. The van der Waals surface area contributed by atoms with E-state index in [0.717, 1.165) is 74.2 Å². The SMILES string of the molecule is N#Cc1cc(Cl)cc2c1C[C@H](N1C[C@H]3CC[C@@H]1C3)[C@H]2Oc1ccc(S(=O)(=O)C[C@@H]2CCN(CCOCCNC(=O)NCCCCNC(=O)NCCOCCN3CC[C@@H](NS(=O)(=O)c4ccc(O[C@H]5c6cc(Cl)cc(C#N)c6C[C@@H]5N5C[C@@H]6C[C@H]5CN6)cc4)C3)C2)cc1. The Morgan fingerprint density at radius 3 is 1.67 bits per heavy atom. The molecular weight excluding hydrogens is 1260 g/mol. The van der Waals surface area contributed by atoms with Crippen molar-refractivity contribution in [1.82, 2.24) is 50.9 Å². The molecule has 12 rings (SSSR count). The second kappa shape index (κ2) is 29.8. The molecule has 6 N–H and O–H groups in total. The van der Waals surface area contributed by atoms with Gasteiger partial charge in [0.1, 0.15) is 23.7 Å². The average molecular weight is 1340 g/mol. The normalized spacial score (nSPS) is 26.0. The third kappa shape index (κ3) is 15.9. The number of nitrogens with zero attached hydrogens (tertiary/aromatic N) is 6. The van der Waals surface area contributed by atoms with E-state index in [2.05, 4.69) is 63.0 Å². The molecule has 4 amide bonds. The predicted molar refractivity (Wildman–Crippen MR) is 347 cm³/mol. The molecule has 22 nitrogen and oxygen atoms in total. The Hall–Kier alpha value is -5.84. The number of fused-ring (bicyclic) bond motifs is 6. The molecule has 92 heavy (non-hydrogen) atoms. The second-order valence-corrected chi connectivity index (χ2v) is 30.6. The van der Waals surface area contributed by atoms with E-state index in [1.807, 2.05) is 12.1 Å². The summed E-state index contributed by atoms with van der Waals surface area (Å²) in [5.74, 6) is 1.88. The quantitative estimate of drug-likeness (QED) is 0.0345. The van der Waals surface area contributed by atoms with Gasteiger partial charge in [-0.05, 0) is 184 Å². The Morgan fingerprint density at radius 1 is 0.609 bits per heavy atom. The van der Waals surface area contributed by atoms with Crippen molar-refractivity contribution in [1.29, 1.82) is 10.5 Å². The summed E-state index contributed by atoms with van der Waals surface area (Å²) in [4.78, 5) is 34.5. The average Bonchev–Trinajstić information content (AvgIpc) is 1.61. The fourth-order valence-corrected chi connectivity index (χ4v) is 18.7. The maximum atomic E-state index is 13.6. The van der Waals surface area contributed by atoms with E-state index in [1.54, 1.807) is 60.7 Å². The van der Waals surface area contributed by atoms with Crippen LogP contribution in [0.4, 0.5) is 9.59 Å². The number of ether oxygens (including phenoxy) is 4. The van der Waals surface area contributed by atoms with Gasteiger partial charge in [0.05, 0.1) is 77.3 Å². The molecule has 3 aliphatic carbocycles. The van der Waals surface area contributed by atoms with Gasteiger partial charge in [-0.1, -0.05) is 23.2 Å². The molecule has 5 saturated heterocycles. The number of rotatable bonds is 29. The standard InChI is InChI=1S/C66H84Cl2N12O10S2/c67-47-28-45(35-69)57-33-61(79-39-43-3-4-51(79)27-43)63(59(57)30-47)89-53-5-9-55(10-6-53)91(83,84)42-44-13-19-77(38-44)21-25-87-23-17-73-65(81)71-15-1-2-16-72-66(82)74-18-24-88-26-22-78-20-14-49(40-78)76-92(85,86)56-11-7-54(8-12-56)90-64-60-31-48(68)29-46(36-70)58(60)34-62(64)80-41-50-32-52(80)37-75-50/h5-12,28-31,43-44,49-52,61-64,75-76H,1-4,13-27,32-34,37-42H2,(H2,71,73,81)(H2,72,74,82)/t43-,44+,49+,50-,51+,52-,61-,62-,63-,64-/m0/s1. The van der Waals surface area contributed by atoms with Gasteiger partial charge in [-0.3, -0.25) is 14.7 Å². The van der Waals surface area contributed by atoms with Crippen LogP contribution in [-0.4, -0.2) is 202 Å². The fourth-order valence-electron chi connectivity index (χ4n) is 15.4. The maximum Gasteiger partial charge on any atom is 0.314 e. The van der Waals surface area contributed by atoms with Crippen LogP contribution < -0.4 is 40.8 Å². The second-order valence-electron chi connectivity index (χ2n) is 26.0. The number of urea groups is 2. The number of hydrogen-bond acceptors (Lipinski definition) is 17. The zero-order valence-electron chi connectivity index (χ0n) is 51.8. The highest BCUT2D eigenvalue weighted by molar-refractivity contribution is 7.91. The van der Waals surface area contributed by atoms with Crippen molar-refractivity contribution in [2.24, 2.45) is 11.8 Å². The van der Waals surface area contributed by atoms with E-state index in [4.69, 9.17) is 42.1 Å². The van der Waals surface area contributed by atoms with Crippen molar-refractivity contribution in [2.75, 3.05) is 117 Å².